The van der Waals surface area contributed by atoms with Crippen molar-refractivity contribution in [1.82, 2.24) is 29.5 Å². The van der Waals surface area contributed by atoms with Gasteiger partial charge in [-0.1, -0.05) is 15.9 Å². The minimum atomic E-state index is -1.03. The van der Waals surface area contributed by atoms with Crippen LogP contribution in [0.3, 0.4) is 0 Å². The molecule has 0 saturated heterocycles. The molecule has 0 fully saturated rings. The van der Waals surface area contributed by atoms with Gasteiger partial charge in [0.1, 0.15) is 30.9 Å². The van der Waals surface area contributed by atoms with E-state index in [1.165, 1.54) is 12.7 Å². The highest BCUT2D eigenvalue weighted by Crippen LogP contribution is 2.26. The number of nitrogens with zero attached hydrogens (tertiary/aromatic N) is 6. The van der Waals surface area contributed by atoms with Crippen molar-refractivity contribution in [3.63, 3.8) is 0 Å². The number of hydrogen-bond acceptors (Lipinski definition) is 6. The predicted octanol–water partition coefficient (Wildman–Crippen LogP) is 1.86. The molecule has 0 amide bonds. The Labute approximate surface area is 145 Å². The lowest BCUT2D eigenvalue weighted by molar-refractivity contribution is 0.0226. The minimum Gasteiger partial charge on any atom is -0.385 e. The SMILES string of the molecule is OC(CSc1ccc(Br)cc1)(Cn1cncn1)Cn1cncn1. The first-order valence-corrected chi connectivity index (χ1v) is 8.66. The molecule has 0 aliphatic rings. The van der Waals surface area contributed by atoms with E-state index < -0.39 is 5.60 Å². The van der Waals surface area contributed by atoms with Crippen molar-refractivity contribution in [1.29, 1.82) is 0 Å². The molecule has 2 heterocycles. The minimum absolute atomic E-state index is 0.330. The predicted molar refractivity (Wildman–Crippen MR) is 89.9 cm³/mol. The normalized spacial score (nSPS) is 11.7. The molecule has 2 aromatic heterocycles. The first kappa shape index (κ1) is 16.2. The summed E-state index contributed by atoms with van der Waals surface area (Å²) >= 11 is 5.01. The highest BCUT2D eigenvalue weighted by Gasteiger charge is 2.29. The summed E-state index contributed by atoms with van der Waals surface area (Å²) < 4.78 is 4.28. The standard InChI is InChI=1S/C14H15BrN6OS/c15-12-1-3-13(4-2-12)23-7-14(22,5-20-10-16-8-18-20)6-21-11-17-9-19-21/h1-4,8-11,22H,5-7H2. The van der Waals surface area contributed by atoms with Crippen LogP contribution in [0.5, 0.6) is 0 Å². The van der Waals surface area contributed by atoms with Gasteiger partial charge in [-0.3, -0.25) is 0 Å². The second-order valence-corrected chi connectivity index (χ2v) is 7.12. The summed E-state index contributed by atoms with van der Waals surface area (Å²) in [5, 5.41) is 19.2. The van der Waals surface area contributed by atoms with Gasteiger partial charge in [-0.15, -0.1) is 11.8 Å². The number of halogens is 1. The number of thioether (sulfide) groups is 1. The zero-order valence-corrected chi connectivity index (χ0v) is 14.6. The quantitative estimate of drug-likeness (QED) is 0.615. The van der Waals surface area contributed by atoms with Gasteiger partial charge in [0.05, 0.1) is 13.1 Å². The molecular weight excluding hydrogens is 380 g/mol. The van der Waals surface area contributed by atoms with Crippen LogP contribution in [-0.2, 0) is 13.1 Å². The summed E-state index contributed by atoms with van der Waals surface area (Å²) in [4.78, 5) is 8.94. The van der Waals surface area contributed by atoms with Crippen LogP contribution >= 0.6 is 27.7 Å². The average Bonchev–Trinajstić information content (AvgIpc) is 3.21. The highest BCUT2D eigenvalue weighted by molar-refractivity contribution is 9.10. The van der Waals surface area contributed by atoms with Gasteiger partial charge in [-0.05, 0) is 24.3 Å². The summed E-state index contributed by atoms with van der Waals surface area (Å²) in [6.45, 7) is 0.660. The van der Waals surface area contributed by atoms with Crippen LogP contribution in [0.15, 0.2) is 58.9 Å². The summed E-state index contributed by atoms with van der Waals surface area (Å²) in [7, 11) is 0. The molecule has 0 aliphatic carbocycles. The van der Waals surface area contributed by atoms with Gasteiger partial charge in [0, 0.05) is 15.1 Å². The molecule has 0 aliphatic heterocycles. The molecule has 0 atom stereocenters. The maximum Gasteiger partial charge on any atom is 0.137 e. The van der Waals surface area contributed by atoms with Gasteiger partial charge in [0.25, 0.3) is 0 Å². The van der Waals surface area contributed by atoms with E-state index in [-0.39, 0.29) is 0 Å². The smallest absolute Gasteiger partial charge is 0.137 e. The Balaban J connectivity index is 1.72. The number of hydrogen-bond donors (Lipinski definition) is 1. The lowest BCUT2D eigenvalue weighted by atomic mass is 10.1. The zero-order chi connectivity index (χ0) is 16.1. The molecule has 0 saturated carbocycles. The Kier molecular flexibility index (Phi) is 5.09. The molecule has 3 aromatic rings. The van der Waals surface area contributed by atoms with Crippen LogP contribution in [0.25, 0.3) is 0 Å². The van der Waals surface area contributed by atoms with E-state index in [1.54, 1.807) is 33.8 Å². The second kappa shape index (κ2) is 7.24. The van der Waals surface area contributed by atoms with E-state index in [4.69, 9.17) is 0 Å². The highest BCUT2D eigenvalue weighted by atomic mass is 79.9. The summed E-state index contributed by atoms with van der Waals surface area (Å²) in [5.41, 5.74) is -1.03. The largest absolute Gasteiger partial charge is 0.385 e. The third-order valence-electron chi connectivity index (χ3n) is 3.17. The van der Waals surface area contributed by atoms with Gasteiger partial charge in [-0.2, -0.15) is 10.2 Å². The van der Waals surface area contributed by atoms with Gasteiger partial charge in [-0.25, -0.2) is 19.3 Å². The first-order valence-electron chi connectivity index (χ1n) is 6.89. The van der Waals surface area contributed by atoms with Crippen molar-refractivity contribution in [3.05, 3.63) is 54.0 Å². The van der Waals surface area contributed by atoms with Gasteiger partial charge in [0.15, 0.2) is 0 Å². The van der Waals surface area contributed by atoms with Crippen LogP contribution < -0.4 is 0 Å². The third-order valence-corrected chi connectivity index (χ3v) is 4.98. The van der Waals surface area contributed by atoms with Crippen molar-refractivity contribution in [3.8, 4) is 0 Å². The fraction of sp³-hybridized carbons (Fsp3) is 0.286. The molecule has 3 rings (SSSR count). The van der Waals surface area contributed by atoms with Crippen LogP contribution in [-0.4, -0.2) is 46.0 Å². The Morgan fingerprint density at radius 3 is 2.04 bits per heavy atom. The summed E-state index contributed by atoms with van der Waals surface area (Å²) in [6.07, 6.45) is 6.10. The molecule has 9 heteroatoms. The number of aliphatic hydroxyl groups is 1. The van der Waals surface area contributed by atoms with E-state index in [0.29, 0.717) is 18.8 Å². The molecule has 23 heavy (non-hydrogen) atoms. The molecule has 0 spiro atoms. The second-order valence-electron chi connectivity index (χ2n) is 5.15. The molecule has 0 unspecified atom stereocenters. The molecule has 7 nitrogen and oxygen atoms in total. The lowest BCUT2D eigenvalue weighted by Gasteiger charge is -2.27. The van der Waals surface area contributed by atoms with E-state index >= 15 is 0 Å². The Hall–Kier alpha value is -1.71. The molecular formula is C14H15BrN6OS. The van der Waals surface area contributed by atoms with Crippen LogP contribution in [0.1, 0.15) is 0 Å². The van der Waals surface area contributed by atoms with E-state index in [9.17, 15) is 5.11 Å². The Morgan fingerprint density at radius 1 is 1.00 bits per heavy atom. The fourth-order valence-electron chi connectivity index (χ4n) is 2.12. The van der Waals surface area contributed by atoms with Crippen molar-refractivity contribution < 1.29 is 5.11 Å². The molecule has 1 N–H and O–H groups in total. The van der Waals surface area contributed by atoms with Crippen molar-refractivity contribution in [2.45, 2.75) is 23.6 Å². The zero-order valence-electron chi connectivity index (χ0n) is 12.2. The Morgan fingerprint density at radius 2 is 1.57 bits per heavy atom. The topological polar surface area (TPSA) is 81.6 Å². The van der Waals surface area contributed by atoms with Crippen molar-refractivity contribution in [2.75, 3.05) is 5.75 Å². The molecule has 0 bridgehead atoms. The van der Waals surface area contributed by atoms with Gasteiger partial charge < -0.3 is 5.11 Å². The summed E-state index contributed by atoms with van der Waals surface area (Å²) in [6, 6.07) is 7.99. The van der Waals surface area contributed by atoms with Crippen LogP contribution in [0, 0.1) is 0 Å². The number of aromatic nitrogens is 6. The van der Waals surface area contributed by atoms with Crippen molar-refractivity contribution >= 4 is 27.7 Å². The lowest BCUT2D eigenvalue weighted by Crippen LogP contribution is -2.41. The maximum atomic E-state index is 11.1. The van der Waals surface area contributed by atoms with Gasteiger partial charge in [0.2, 0.25) is 0 Å². The molecule has 1 aromatic carbocycles. The maximum absolute atomic E-state index is 11.1. The summed E-state index contributed by atoms with van der Waals surface area (Å²) in [5.74, 6) is 0.494. The van der Waals surface area contributed by atoms with Crippen LogP contribution in [0.2, 0.25) is 0 Å². The monoisotopic (exact) mass is 394 g/mol. The molecule has 120 valence electrons. The average molecular weight is 395 g/mol. The fourth-order valence-corrected chi connectivity index (χ4v) is 3.33. The number of rotatable bonds is 7. The Bertz CT molecular complexity index is 680. The van der Waals surface area contributed by atoms with E-state index in [2.05, 4.69) is 36.1 Å². The third kappa shape index (κ3) is 4.63. The molecule has 0 radical (unpaired) electrons. The number of benzene rings is 1. The van der Waals surface area contributed by atoms with E-state index in [1.807, 2.05) is 24.3 Å². The van der Waals surface area contributed by atoms with Crippen LogP contribution in [0.4, 0.5) is 0 Å². The van der Waals surface area contributed by atoms with E-state index in [0.717, 1.165) is 9.37 Å². The van der Waals surface area contributed by atoms with Gasteiger partial charge >= 0.3 is 0 Å². The first-order chi connectivity index (χ1) is 11.1. The van der Waals surface area contributed by atoms with Crippen molar-refractivity contribution in [2.24, 2.45) is 0 Å².